The largest absolute Gasteiger partial charge is 0.315 e. The fourth-order valence-electron chi connectivity index (χ4n) is 5.05. The average molecular weight is 308 g/mol. The molecule has 3 unspecified atom stereocenters. The zero-order valence-corrected chi connectivity index (χ0v) is 14.7. The highest BCUT2D eigenvalue weighted by Gasteiger charge is 2.35. The van der Waals surface area contributed by atoms with Crippen molar-refractivity contribution < 1.29 is 0 Å². The Morgan fingerprint density at radius 1 is 0.909 bits per heavy atom. The first kappa shape index (κ1) is 16.7. The van der Waals surface area contributed by atoms with Crippen molar-refractivity contribution in [1.29, 1.82) is 0 Å². The number of hydrogen-bond donors (Lipinski definition) is 1. The molecular weight excluding hydrogens is 270 g/mol. The third kappa shape index (κ3) is 4.24. The van der Waals surface area contributed by atoms with E-state index in [2.05, 4.69) is 22.0 Å². The van der Waals surface area contributed by atoms with Crippen LogP contribution in [0.15, 0.2) is 0 Å². The maximum absolute atomic E-state index is 3.70. The van der Waals surface area contributed by atoms with Crippen LogP contribution in [0.2, 0.25) is 0 Å². The quantitative estimate of drug-likeness (QED) is 0.861. The van der Waals surface area contributed by atoms with Crippen LogP contribution in [0, 0.1) is 5.92 Å². The monoisotopic (exact) mass is 307 g/mol. The summed E-state index contributed by atoms with van der Waals surface area (Å²) >= 11 is 0. The molecule has 0 aromatic heterocycles. The van der Waals surface area contributed by atoms with Gasteiger partial charge in [0.25, 0.3) is 0 Å². The minimum absolute atomic E-state index is 0.794. The van der Waals surface area contributed by atoms with Gasteiger partial charge >= 0.3 is 0 Å². The fraction of sp³-hybridized carbons (Fsp3) is 1.00. The molecule has 3 aliphatic rings. The first-order valence-corrected chi connectivity index (χ1v) is 10.1. The van der Waals surface area contributed by atoms with Gasteiger partial charge in [-0.25, -0.2) is 0 Å². The van der Waals surface area contributed by atoms with Crippen LogP contribution in [0.4, 0.5) is 0 Å². The molecule has 3 heterocycles. The van der Waals surface area contributed by atoms with Crippen molar-refractivity contribution in [3.63, 3.8) is 0 Å². The van der Waals surface area contributed by atoms with Gasteiger partial charge in [-0.15, -0.1) is 0 Å². The number of rotatable bonds is 4. The van der Waals surface area contributed by atoms with E-state index in [4.69, 9.17) is 0 Å². The summed E-state index contributed by atoms with van der Waals surface area (Å²) in [5.74, 6) is 0.895. The van der Waals surface area contributed by atoms with E-state index in [0.717, 1.165) is 18.0 Å². The lowest BCUT2D eigenvalue weighted by molar-refractivity contribution is 0.0314. The molecule has 3 rings (SSSR count). The van der Waals surface area contributed by atoms with Gasteiger partial charge in [0.15, 0.2) is 0 Å². The molecule has 0 bridgehead atoms. The van der Waals surface area contributed by atoms with Gasteiger partial charge in [-0.05, 0) is 70.6 Å². The Kier molecular flexibility index (Phi) is 6.58. The molecule has 22 heavy (non-hydrogen) atoms. The van der Waals surface area contributed by atoms with Crippen molar-refractivity contribution in [2.75, 3.05) is 39.3 Å². The standard InChI is InChI=1S/C19H37N3/c1-2-18-9-5-8-14-22(18)19-15-20-11-10-17(19)16-21-12-6-3-4-7-13-21/h17-20H,2-16H2,1H3. The SMILES string of the molecule is CCC1CCCCN1C1CNCCC1CN1CCCCCC1. The van der Waals surface area contributed by atoms with Gasteiger partial charge in [-0.1, -0.05) is 26.2 Å². The molecule has 0 saturated carbocycles. The van der Waals surface area contributed by atoms with E-state index in [0.29, 0.717) is 0 Å². The number of piperidine rings is 2. The van der Waals surface area contributed by atoms with Gasteiger partial charge in [0.2, 0.25) is 0 Å². The first-order valence-electron chi connectivity index (χ1n) is 10.1. The van der Waals surface area contributed by atoms with Crippen molar-refractivity contribution in [1.82, 2.24) is 15.1 Å². The molecule has 0 aromatic rings. The number of nitrogens with zero attached hydrogens (tertiary/aromatic N) is 2. The van der Waals surface area contributed by atoms with Crippen molar-refractivity contribution in [2.24, 2.45) is 5.92 Å². The topological polar surface area (TPSA) is 18.5 Å². The molecule has 0 spiro atoms. The summed E-state index contributed by atoms with van der Waals surface area (Å²) in [6, 6.07) is 1.65. The molecule has 3 nitrogen and oxygen atoms in total. The predicted molar refractivity (Wildman–Crippen MR) is 94.3 cm³/mol. The Hall–Kier alpha value is -0.120. The molecule has 1 N–H and O–H groups in total. The van der Waals surface area contributed by atoms with E-state index in [-0.39, 0.29) is 0 Å². The van der Waals surface area contributed by atoms with Crippen LogP contribution in [0.1, 0.15) is 64.7 Å². The smallest absolute Gasteiger partial charge is 0.0264 e. The van der Waals surface area contributed by atoms with Gasteiger partial charge in [0, 0.05) is 25.2 Å². The Balaban J connectivity index is 1.62. The Bertz CT molecular complexity index is 312. The molecule has 3 aliphatic heterocycles. The zero-order chi connectivity index (χ0) is 15.2. The van der Waals surface area contributed by atoms with E-state index in [1.165, 1.54) is 97.1 Å². The maximum Gasteiger partial charge on any atom is 0.0264 e. The summed E-state index contributed by atoms with van der Waals surface area (Å²) < 4.78 is 0. The average Bonchev–Trinajstić information content (AvgIpc) is 2.84. The number of hydrogen-bond acceptors (Lipinski definition) is 3. The Morgan fingerprint density at radius 2 is 1.68 bits per heavy atom. The molecule has 3 saturated heterocycles. The lowest BCUT2D eigenvalue weighted by Crippen LogP contribution is -2.58. The predicted octanol–water partition coefficient (Wildman–Crippen LogP) is 3.11. The van der Waals surface area contributed by atoms with Gasteiger partial charge < -0.3 is 10.2 Å². The fourth-order valence-corrected chi connectivity index (χ4v) is 5.05. The Labute approximate surface area is 137 Å². The lowest BCUT2D eigenvalue weighted by Gasteiger charge is -2.47. The third-order valence-corrected chi connectivity index (χ3v) is 6.35. The van der Waals surface area contributed by atoms with Gasteiger partial charge in [0.1, 0.15) is 0 Å². The Morgan fingerprint density at radius 3 is 2.45 bits per heavy atom. The van der Waals surface area contributed by atoms with E-state index < -0.39 is 0 Å². The van der Waals surface area contributed by atoms with Crippen molar-refractivity contribution >= 4 is 0 Å². The number of likely N-dealkylation sites (tertiary alicyclic amines) is 2. The molecule has 128 valence electrons. The highest BCUT2D eigenvalue weighted by atomic mass is 15.2. The second-order valence-corrected chi connectivity index (χ2v) is 7.83. The minimum Gasteiger partial charge on any atom is -0.315 e. The molecular formula is C19H37N3. The van der Waals surface area contributed by atoms with Crippen molar-refractivity contribution in [2.45, 2.75) is 76.8 Å². The van der Waals surface area contributed by atoms with E-state index in [1.807, 2.05) is 0 Å². The van der Waals surface area contributed by atoms with Crippen molar-refractivity contribution in [3.05, 3.63) is 0 Å². The molecule has 0 aromatic carbocycles. The summed E-state index contributed by atoms with van der Waals surface area (Å²) in [7, 11) is 0. The van der Waals surface area contributed by atoms with Crippen LogP contribution >= 0.6 is 0 Å². The summed E-state index contributed by atoms with van der Waals surface area (Å²) in [5, 5.41) is 3.70. The summed E-state index contributed by atoms with van der Waals surface area (Å²) in [6.07, 6.45) is 12.8. The van der Waals surface area contributed by atoms with Crippen LogP contribution in [0.25, 0.3) is 0 Å². The van der Waals surface area contributed by atoms with E-state index in [9.17, 15) is 0 Å². The van der Waals surface area contributed by atoms with Gasteiger partial charge in [0.05, 0.1) is 0 Å². The van der Waals surface area contributed by atoms with E-state index >= 15 is 0 Å². The summed E-state index contributed by atoms with van der Waals surface area (Å²) in [6.45, 7) is 10.3. The van der Waals surface area contributed by atoms with Crippen LogP contribution in [-0.4, -0.2) is 61.2 Å². The second-order valence-electron chi connectivity index (χ2n) is 7.83. The highest BCUT2D eigenvalue weighted by Crippen LogP contribution is 2.28. The zero-order valence-electron chi connectivity index (χ0n) is 14.7. The third-order valence-electron chi connectivity index (χ3n) is 6.35. The molecule has 0 aliphatic carbocycles. The summed E-state index contributed by atoms with van der Waals surface area (Å²) in [5.41, 5.74) is 0. The molecule has 0 amide bonds. The van der Waals surface area contributed by atoms with Crippen molar-refractivity contribution in [3.8, 4) is 0 Å². The van der Waals surface area contributed by atoms with E-state index in [1.54, 1.807) is 0 Å². The molecule has 0 radical (unpaired) electrons. The van der Waals surface area contributed by atoms with Gasteiger partial charge in [-0.2, -0.15) is 0 Å². The molecule has 3 atom stereocenters. The van der Waals surface area contributed by atoms with Crippen LogP contribution in [0.3, 0.4) is 0 Å². The molecule has 3 fully saturated rings. The summed E-state index contributed by atoms with van der Waals surface area (Å²) in [4.78, 5) is 5.69. The van der Waals surface area contributed by atoms with Crippen LogP contribution in [-0.2, 0) is 0 Å². The highest BCUT2D eigenvalue weighted by molar-refractivity contribution is 4.92. The molecule has 3 heteroatoms. The second kappa shape index (κ2) is 8.65. The number of nitrogens with one attached hydrogen (secondary N) is 1. The lowest BCUT2D eigenvalue weighted by atomic mass is 9.87. The first-order chi connectivity index (χ1) is 10.9. The van der Waals surface area contributed by atoms with Crippen LogP contribution < -0.4 is 5.32 Å². The normalized spacial score (nSPS) is 36.1. The van der Waals surface area contributed by atoms with Gasteiger partial charge in [-0.3, -0.25) is 4.90 Å². The minimum atomic E-state index is 0.794. The maximum atomic E-state index is 3.70. The van der Waals surface area contributed by atoms with Crippen LogP contribution in [0.5, 0.6) is 0 Å².